The van der Waals surface area contributed by atoms with Crippen molar-refractivity contribution in [2.45, 2.75) is 46.1 Å². The molecule has 1 unspecified atom stereocenters. The molecule has 22 heavy (non-hydrogen) atoms. The minimum atomic E-state index is -0.571. The maximum atomic E-state index is 12.5. The zero-order valence-corrected chi connectivity index (χ0v) is 14.7. The van der Waals surface area contributed by atoms with E-state index in [9.17, 15) is 9.59 Å². The summed E-state index contributed by atoms with van der Waals surface area (Å²) in [6.45, 7) is 8.43. The van der Waals surface area contributed by atoms with E-state index in [4.69, 9.17) is 10.5 Å². The van der Waals surface area contributed by atoms with Crippen LogP contribution in [0.25, 0.3) is 0 Å². The number of ether oxygens (including phenoxy) is 1. The highest BCUT2D eigenvalue weighted by Crippen LogP contribution is 2.25. The standard InChI is InChI=1S/C15H29N3O3.ClH/c1-4-12(13(19)18-7-9-21-10-8-18)17-14(20)15(5-2,6-3)11-16;/h12H,4-11,16H2,1-3H3,(H,17,20);1H. The third-order valence-corrected chi connectivity index (χ3v) is 4.56. The Balaban J connectivity index is 0.00000441. The molecule has 0 aromatic carbocycles. The Bertz CT molecular complexity index is 348. The van der Waals surface area contributed by atoms with E-state index in [-0.39, 0.29) is 24.2 Å². The lowest BCUT2D eigenvalue weighted by molar-refractivity contribution is -0.142. The van der Waals surface area contributed by atoms with Crippen LogP contribution in [0.4, 0.5) is 0 Å². The molecule has 1 aliphatic rings. The summed E-state index contributed by atoms with van der Waals surface area (Å²) in [5.41, 5.74) is 5.22. The molecule has 0 aromatic heterocycles. The molecule has 0 saturated carbocycles. The van der Waals surface area contributed by atoms with Gasteiger partial charge in [-0.1, -0.05) is 20.8 Å². The van der Waals surface area contributed by atoms with Crippen molar-refractivity contribution in [1.82, 2.24) is 10.2 Å². The molecule has 1 saturated heterocycles. The first-order valence-corrected chi connectivity index (χ1v) is 7.92. The van der Waals surface area contributed by atoms with Crippen LogP contribution in [-0.2, 0) is 14.3 Å². The van der Waals surface area contributed by atoms with Gasteiger partial charge >= 0.3 is 0 Å². The minimum absolute atomic E-state index is 0. The van der Waals surface area contributed by atoms with Crippen molar-refractivity contribution < 1.29 is 14.3 Å². The number of morpholine rings is 1. The normalized spacial score (nSPS) is 16.6. The van der Waals surface area contributed by atoms with Gasteiger partial charge in [0.2, 0.25) is 11.8 Å². The Hall–Kier alpha value is -0.850. The topological polar surface area (TPSA) is 84.7 Å². The first-order chi connectivity index (χ1) is 10.0. The van der Waals surface area contributed by atoms with Crippen molar-refractivity contribution in [3.8, 4) is 0 Å². The highest BCUT2D eigenvalue weighted by atomic mass is 35.5. The summed E-state index contributed by atoms with van der Waals surface area (Å²) in [5, 5.41) is 2.91. The van der Waals surface area contributed by atoms with Crippen LogP contribution in [0.2, 0.25) is 0 Å². The molecular weight excluding hydrogens is 306 g/mol. The monoisotopic (exact) mass is 335 g/mol. The molecule has 0 radical (unpaired) electrons. The predicted molar refractivity (Wildman–Crippen MR) is 88.9 cm³/mol. The first-order valence-electron chi connectivity index (χ1n) is 7.92. The highest BCUT2D eigenvalue weighted by molar-refractivity contribution is 5.90. The molecule has 1 rings (SSSR count). The van der Waals surface area contributed by atoms with Crippen LogP contribution in [0.1, 0.15) is 40.0 Å². The number of amides is 2. The van der Waals surface area contributed by atoms with Crippen molar-refractivity contribution in [1.29, 1.82) is 0 Å². The van der Waals surface area contributed by atoms with E-state index in [0.29, 0.717) is 52.1 Å². The van der Waals surface area contributed by atoms with Gasteiger partial charge < -0.3 is 20.7 Å². The van der Waals surface area contributed by atoms with Crippen molar-refractivity contribution in [3.05, 3.63) is 0 Å². The molecule has 2 amide bonds. The second-order valence-electron chi connectivity index (χ2n) is 5.56. The average Bonchev–Trinajstić information content (AvgIpc) is 2.55. The van der Waals surface area contributed by atoms with Gasteiger partial charge in [0.15, 0.2) is 0 Å². The molecule has 1 heterocycles. The van der Waals surface area contributed by atoms with Gasteiger partial charge in [0, 0.05) is 19.6 Å². The lowest BCUT2D eigenvalue weighted by Gasteiger charge is -2.33. The summed E-state index contributed by atoms with van der Waals surface area (Å²) in [7, 11) is 0. The van der Waals surface area contributed by atoms with Gasteiger partial charge in [-0.3, -0.25) is 9.59 Å². The molecule has 0 aliphatic carbocycles. The van der Waals surface area contributed by atoms with Gasteiger partial charge in [-0.05, 0) is 19.3 Å². The number of hydrogen-bond acceptors (Lipinski definition) is 4. The highest BCUT2D eigenvalue weighted by Gasteiger charge is 2.36. The van der Waals surface area contributed by atoms with Gasteiger partial charge in [-0.15, -0.1) is 12.4 Å². The van der Waals surface area contributed by atoms with Crippen LogP contribution in [0, 0.1) is 5.41 Å². The number of hydrogen-bond donors (Lipinski definition) is 2. The van der Waals surface area contributed by atoms with Gasteiger partial charge in [-0.25, -0.2) is 0 Å². The number of halogens is 1. The molecule has 0 bridgehead atoms. The number of carbonyl (C=O) groups excluding carboxylic acids is 2. The molecule has 7 heteroatoms. The van der Waals surface area contributed by atoms with Gasteiger partial charge in [0.1, 0.15) is 6.04 Å². The Morgan fingerprint density at radius 3 is 2.18 bits per heavy atom. The lowest BCUT2D eigenvalue weighted by atomic mass is 9.81. The summed E-state index contributed by atoms with van der Waals surface area (Å²) >= 11 is 0. The van der Waals surface area contributed by atoms with Crippen molar-refractivity contribution >= 4 is 24.2 Å². The molecule has 1 aliphatic heterocycles. The molecular formula is C15H30ClN3O3. The first kappa shape index (κ1) is 21.1. The molecule has 130 valence electrons. The third-order valence-electron chi connectivity index (χ3n) is 4.56. The number of nitrogens with one attached hydrogen (secondary N) is 1. The van der Waals surface area contributed by atoms with E-state index in [2.05, 4.69) is 5.32 Å². The molecule has 1 atom stereocenters. The van der Waals surface area contributed by atoms with Crippen molar-refractivity contribution in [2.24, 2.45) is 11.1 Å². The van der Waals surface area contributed by atoms with Crippen LogP contribution in [-0.4, -0.2) is 55.6 Å². The average molecular weight is 336 g/mol. The van der Waals surface area contributed by atoms with Gasteiger partial charge in [0.05, 0.1) is 18.6 Å². The molecule has 3 N–H and O–H groups in total. The number of nitrogens with zero attached hydrogens (tertiary/aromatic N) is 1. The third kappa shape index (κ3) is 4.83. The van der Waals surface area contributed by atoms with E-state index >= 15 is 0 Å². The summed E-state index contributed by atoms with van der Waals surface area (Å²) in [6.07, 6.45) is 1.93. The largest absolute Gasteiger partial charge is 0.378 e. The lowest BCUT2D eigenvalue weighted by Crippen LogP contribution is -2.55. The van der Waals surface area contributed by atoms with E-state index < -0.39 is 11.5 Å². The summed E-state index contributed by atoms with van der Waals surface area (Å²) in [5.74, 6) is -0.129. The minimum Gasteiger partial charge on any atom is -0.378 e. The Morgan fingerprint density at radius 2 is 1.77 bits per heavy atom. The number of rotatable bonds is 7. The molecule has 0 spiro atoms. The Morgan fingerprint density at radius 1 is 1.23 bits per heavy atom. The van der Waals surface area contributed by atoms with Crippen molar-refractivity contribution in [3.63, 3.8) is 0 Å². The van der Waals surface area contributed by atoms with E-state index in [1.54, 1.807) is 4.90 Å². The van der Waals surface area contributed by atoms with E-state index in [0.717, 1.165) is 0 Å². The number of carbonyl (C=O) groups is 2. The maximum absolute atomic E-state index is 12.5. The van der Waals surface area contributed by atoms with Crippen LogP contribution in [0.5, 0.6) is 0 Å². The fourth-order valence-electron chi connectivity index (χ4n) is 2.61. The van der Waals surface area contributed by atoms with Crippen LogP contribution in [0.3, 0.4) is 0 Å². The van der Waals surface area contributed by atoms with Crippen molar-refractivity contribution in [2.75, 3.05) is 32.8 Å². The van der Waals surface area contributed by atoms with Gasteiger partial charge in [0.25, 0.3) is 0 Å². The van der Waals surface area contributed by atoms with Crippen LogP contribution in [0.15, 0.2) is 0 Å². The fraction of sp³-hybridized carbons (Fsp3) is 0.867. The summed E-state index contributed by atoms with van der Waals surface area (Å²) in [6, 6.07) is -0.473. The summed E-state index contributed by atoms with van der Waals surface area (Å²) < 4.78 is 5.25. The van der Waals surface area contributed by atoms with E-state index in [1.165, 1.54) is 0 Å². The smallest absolute Gasteiger partial charge is 0.245 e. The van der Waals surface area contributed by atoms with Crippen LogP contribution < -0.4 is 11.1 Å². The van der Waals surface area contributed by atoms with Gasteiger partial charge in [-0.2, -0.15) is 0 Å². The SMILES string of the molecule is CCC(NC(=O)C(CC)(CC)CN)C(=O)N1CCOCC1.Cl. The predicted octanol–water partition coefficient (Wildman–Crippen LogP) is 0.927. The van der Waals surface area contributed by atoms with Crippen LogP contribution >= 0.6 is 12.4 Å². The molecule has 0 aromatic rings. The Kier molecular flexibility index (Phi) is 9.64. The zero-order valence-electron chi connectivity index (χ0n) is 13.9. The number of nitrogens with two attached hydrogens (primary N) is 1. The quantitative estimate of drug-likeness (QED) is 0.724. The van der Waals surface area contributed by atoms with E-state index in [1.807, 2.05) is 20.8 Å². The second-order valence-corrected chi connectivity index (χ2v) is 5.56. The second kappa shape index (κ2) is 10.0. The summed E-state index contributed by atoms with van der Waals surface area (Å²) in [4.78, 5) is 26.8. The maximum Gasteiger partial charge on any atom is 0.245 e. The molecule has 1 fully saturated rings. The fourth-order valence-corrected chi connectivity index (χ4v) is 2.61. The Labute approximate surface area is 139 Å². The zero-order chi connectivity index (χ0) is 15.9. The molecule has 6 nitrogen and oxygen atoms in total.